The molecule has 2 aliphatic rings. The number of rotatable bonds is 5. The second-order valence-electron chi connectivity index (χ2n) is 8.97. The van der Waals surface area contributed by atoms with E-state index < -0.39 is 0 Å². The van der Waals surface area contributed by atoms with Crippen molar-refractivity contribution in [2.75, 3.05) is 13.1 Å². The van der Waals surface area contributed by atoms with Gasteiger partial charge >= 0.3 is 0 Å². The molecule has 6 heteroatoms. The molecule has 1 amide bonds. The van der Waals surface area contributed by atoms with Crippen molar-refractivity contribution in [3.05, 3.63) is 76.5 Å². The average molecular weight is 432 g/mol. The Labute approximate surface area is 186 Å². The molecule has 0 spiro atoms. The number of hydrogen-bond donors (Lipinski definition) is 0. The Morgan fingerprint density at radius 2 is 1.62 bits per heavy atom. The van der Waals surface area contributed by atoms with E-state index in [0.717, 1.165) is 42.5 Å². The third kappa shape index (κ3) is 4.22. The molecule has 1 aliphatic carbocycles. The summed E-state index contributed by atoms with van der Waals surface area (Å²) in [7, 11) is 0. The molecule has 5 rings (SSSR count). The first-order valence-corrected chi connectivity index (χ1v) is 11.2. The summed E-state index contributed by atoms with van der Waals surface area (Å²) in [5.41, 5.74) is 3.38. The van der Waals surface area contributed by atoms with Gasteiger partial charge in [-0.25, -0.2) is 9.37 Å². The quantitative estimate of drug-likeness (QED) is 0.606. The van der Waals surface area contributed by atoms with Crippen LogP contribution in [0.1, 0.15) is 25.0 Å². The molecule has 5 nitrogen and oxygen atoms in total. The van der Waals surface area contributed by atoms with Gasteiger partial charge in [-0.15, -0.1) is 0 Å². The Balaban J connectivity index is 1.40. The maximum atomic E-state index is 13.2. The zero-order valence-electron chi connectivity index (χ0n) is 18.1. The highest BCUT2D eigenvalue weighted by Gasteiger charge is 2.36. The third-order valence-corrected chi connectivity index (χ3v) is 6.42. The molecule has 1 saturated carbocycles. The number of aromatic nitrogens is 2. The van der Waals surface area contributed by atoms with E-state index in [0.29, 0.717) is 24.6 Å². The van der Waals surface area contributed by atoms with Gasteiger partial charge < -0.3 is 4.90 Å². The highest BCUT2D eigenvalue weighted by Crippen LogP contribution is 2.33. The summed E-state index contributed by atoms with van der Waals surface area (Å²) in [5, 5.41) is 0. The van der Waals surface area contributed by atoms with E-state index in [1.807, 2.05) is 36.1 Å². The topological polar surface area (TPSA) is 55.2 Å². The number of carbonyl (C=O) groups excluding carboxylic acids is 1. The summed E-state index contributed by atoms with van der Waals surface area (Å²) in [6, 6.07) is 15.8. The predicted octanol–water partition coefficient (Wildman–Crippen LogP) is 4.28. The molecule has 2 aromatic carbocycles. The lowest BCUT2D eigenvalue weighted by Crippen LogP contribution is -2.32. The van der Waals surface area contributed by atoms with Crippen LogP contribution < -0.4 is 5.56 Å². The Morgan fingerprint density at radius 3 is 2.28 bits per heavy atom. The Bertz CT molecular complexity index is 1200. The molecule has 0 bridgehead atoms. The fourth-order valence-electron chi connectivity index (χ4n) is 4.50. The first-order chi connectivity index (χ1) is 15.5. The minimum Gasteiger partial charge on any atom is -0.342 e. The van der Waals surface area contributed by atoms with Crippen LogP contribution >= 0.6 is 0 Å². The van der Waals surface area contributed by atoms with Gasteiger partial charge in [0.05, 0.1) is 0 Å². The summed E-state index contributed by atoms with van der Waals surface area (Å²) in [5.74, 6) is 1.14. The first-order valence-electron chi connectivity index (χ1n) is 11.2. The Morgan fingerprint density at radius 1 is 1.00 bits per heavy atom. The van der Waals surface area contributed by atoms with Crippen LogP contribution in [0.3, 0.4) is 0 Å². The lowest BCUT2D eigenvalue weighted by molar-refractivity contribution is -0.131. The summed E-state index contributed by atoms with van der Waals surface area (Å²) in [6.45, 7) is 3.86. The Hall–Kier alpha value is -3.28. The van der Waals surface area contributed by atoms with Gasteiger partial charge in [0.25, 0.3) is 5.56 Å². The number of benzene rings is 2. The molecule has 2 fully saturated rings. The first kappa shape index (κ1) is 20.6. The maximum Gasteiger partial charge on any atom is 0.253 e. The number of halogens is 1. The van der Waals surface area contributed by atoms with E-state index in [4.69, 9.17) is 0 Å². The smallest absolute Gasteiger partial charge is 0.253 e. The van der Waals surface area contributed by atoms with Gasteiger partial charge in [0.2, 0.25) is 5.91 Å². The van der Waals surface area contributed by atoms with Crippen molar-refractivity contribution in [3.63, 3.8) is 0 Å². The van der Waals surface area contributed by atoms with Gasteiger partial charge in [-0.3, -0.25) is 14.2 Å². The van der Waals surface area contributed by atoms with Gasteiger partial charge in [0, 0.05) is 42.9 Å². The largest absolute Gasteiger partial charge is 0.342 e. The van der Waals surface area contributed by atoms with E-state index in [-0.39, 0.29) is 29.1 Å². The molecular weight excluding hydrogens is 405 g/mol. The van der Waals surface area contributed by atoms with Crippen LogP contribution in [0.15, 0.2) is 59.4 Å². The van der Waals surface area contributed by atoms with Crippen molar-refractivity contribution >= 4 is 5.91 Å². The molecule has 2 heterocycles. The van der Waals surface area contributed by atoms with Gasteiger partial charge in [0.15, 0.2) is 0 Å². The van der Waals surface area contributed by atoms with Crippen molar-refractivity contribution in [2.45, 2.75) is 32.7 Å². The molecular formula is C26H26FN3O2. The zero-order chi connectivity index (χ0) is 22.2. The predicted molar refractivity (Wildman–Crippen MR) is 121 cm³/mol. The molecule has 164 valence electrons. The SMILES string of the molecule is Cc1cc(=O)n(CC2CCN(C(=O)C3CC3)C2)c(-c2ccc(-c3ccc(F)cc3)cc2)n1. The lowest BCUT2D eigenvalue weighted by atomic mass is 10.0. The van der Waals surface area contributed by atoms with Crippen molar-refractivity contribution in [3.8, 4) is 22.5 Å². The normalized spacial score (nSPS) is 18.2. The molecule has 1 atom stereocenters. The fourth-order valence-corrected chi connectivity index (χ4v) is 4.50. The highest BCUT2D eigenvalue weighted by atomic mass is 19.1. The minimum atomic E-state index is -0.261. The van der Waals surface area contributed by atoms with Gasteiger partial charge in [0.1, 0.15) is 11.6 Å². The molecule has 32 heavy (non-hydrogen) atoms. The van der Waals surface area contributed by atoms with Crippen LogP contribution in [0.5, 0.6) is 0 Å². The standard InChI is InChI=1S/C26H26FN3O2/c1-17-14-24(31)30(16-18-12-13-29(15-18)26(32)22-6-7-22)25(28-17)21-4-2-19(3-5-21)20-8-10-23(27)11-9-20/h2-5,8-11,14,18,22H,6-7,12-13,15-16H2,1H3. The Kier molecular flexibility index (Phi) is 5.37. The lowest BCUT2D eigenvalue weighted by Gasteiger charge is -2.18. The van der Waals surface area contributed by atoms with Gasteiger partial charge in [-0.05, 0) is 55.4 Å². The second kappa shape index (κ2) is 8.34. The van der Waals surface area contributed by atoms with Crippen LogP contribution in [-0.4, -0.2) is 33.4 Å². The third-order valence-electron chi connectivity index (χ3n) is 6.42. The minimum absolute atomic E-state index is 0.0675. The van der Waals surface area contributed by atoms with Crippen LogP contribution in [0.2, 0.25) is 0 Å². The molecule has 1 saturated heterocycles. The highest BCUT2D eigenvalue weighted by molar-refractivity contribution is 5.81. The number of hydrogen-bond acceptors (Lipinski definition) is 3. The molecule has 1 aromatic heterocycles. The summed E-state index contributed by atoms with van der Waals surface area (Å²) in [6.07, 6.45) is 2.93. The average Bonchev–Trinajstić information content (AvgIpc) is 3.54. The zero-order valence-corrected chi connectivity index (χ0v) is 18.1. The van der Waals surface area contributed by atoms with E-state index in [1.54, 1.807) is 22.8 Å². The fraction of sp³-hybridized carbons (Fsp3) is 0.346. The van der Waals surface area contributed by atoms with E-state index in [2.05, 4.69) is 4.98 Å². The monoisotopic (exact) mass is 431 g/mol. The number of aryl methyl sites for hydroxylation is 1. The molecule has 0 radical (unpaired) electrons. The summed E-state index contributed by atoms with van der Waals surface area (Å²) < 4.78 is 15.0. The van der Waals surface area contributed by atoms with Crippen LogP contribution in [0.4, 0.5) is 4.39 Å². The van der Waals surface area contributed by atoms with E-state index in [9.17, 15) is 14.0 Å². The molecule has 1 aliphatic heterocycles. The van der Waals surface area contributed by atoms with Gasteiger partial charge in [-0.1, -0.05) is 36.4 Å². The number of likely N-dealkylation sites (tertiary alicyclic amines) is 1. The molecule has 1 unspecified atom stereocenters. The van der Waals surface area contributed by atoms with Crippen LogP contribution in [0.25, 0.3) is 22.5 Å². The number of carbonyl (C=O) groups is 1. The van der Waals surface area contributed by atoms with Crippen molar-refractivity contribution in [1.29, 1.82) is 0 Å². The van der Waals surface area contributed by atoms with E-state index in [1.165, 1.54) is 12.1 Å². The van der Waals surface area contributed by atoms with Crippen LogP contribution in [0, 0.1) is 24.6 Å². The van der Waals surface area contributed by atoms with Crippen LogP contribution in [-0.2, 0) is 11.3 Å². The van der Waals surface area contributed by atoms with Crippen molar-refractivity contribution in [1.82, 2.24) is 14.5 Å². The van der Waals surface area contributed by atoms with E-state index >= 15 is 0 Å². The molecule has 0 N–H and O–H groups in total. The van der Waals surface area contributed by atoms with Crippen molar-refractivity contribution in [2.24, 2.45) is 11.8 Å². The van der Waals surface area contributed by atoms with Crippen molar-refractivity contribution < 1.29 is 9.18 Å². The number of amides is 1. The number of nitrogens with zero attached hydrogens (tertiary/aromatic N) is 3. The maximum absolute atomic E-state index is 13.2. The summed E-state index contributed by atoms with van der Waals surface area (Å²) >= 11 is 0. The second-order valence-corrected chi connectivity index (χ2v) is 8.97. The summed E-state index contributed by atoms with van der Waals surface area (Å²) in [4.78, 5) is 31.9. The molecule has 3 aromatic rings. The van der Waals surface area contributed by atoms with Gasteiger partial charge in [-0.2, -0.15) is 0 Å².